The number of nitrogens with zero attached hydrogens (tertiary/aromatic N) is 3. The summed E-state index contributed by atoms with van der Waals surface area (Å²) in [5.41, 5.74) is 0. The minimum Gasteiger partial charge on any atom is -0.549 e. The van der Waals surface area contributed by atoms with E-state index >= 15 is 0 Å². The molecule has 1 aromatic carbocycles. The summed E-state index contributed by atoms with van der Waals surface area (Å²) in [4.78, 5) is 10.7. The van der Waals surface area contributed by atoms with Gasteiger partial charge in [0.2, 0.25) is 0 Å². The minimum atomic E-state index is -1.16. The Morgan fingerprint density at radius 2 is 2.04 bits per heavy atom. The molecule has 0 aliphatic carbocycles. The standard InChI is InChI=1S/C16H15N3O4S/c20-15(21)11-24-16-18-17-14(10-23-12-5-2-1-3-6-12)19(16)9-13-7-4-8-22-13/h1-8H,9-11H2,(H,20,21)/p-1. The SMILES string of the molecule is O=C([O-])CSc1nnc(COc2ccccc2)n1Cc1ccco1. The number of carbonyl (C=O) groups is 1. The topological polar surface area (TPSA) is 93.2 Å². The van der Waals surface area contributed by atoms with Gasteiger partial charge in [0.25, 0.3) is 0 Å². The molecule has 8 heteroatoms. The lowest BCUT2D eigenvalue weighted by atomic mass is 10.3. The molecular formula is C16H14N3O4S-. The molecule has 2 heterocycles. The van der Waals surface area contributed by atoms with E-state index in [0.29, 0.717) is 29.0 Å². The number of carboxylic acids is 1. The van der Waals surface area contributed by atoms with Crippen molar-refractivity contribution in [2.45, 2.75) is 18.3 Å². The molecule has 0 radical (unpaired) electrons. The lowest BCUT2D eigenvalue weighted by molar-refractivity contribution is -0.301. The van der Waals surface area contributed by atoms with Crippen molar-refractivity contribution in [1.29, 1.82) is 0 Å². The van der Waals surface area contributed by atoms with Gasteiger partial charge >= 0.3 is 0 Å². The van der Waals surface area contributed by atoms with Crippen LogP contribution in [0.25, 0.3) is 0 Å². The second-order valence-corrected chi connectivity index (χ2v) is 5.77. The van der Waals surface area contributed by atoms with Gasteiger partial charge in [-0.3, -0.25) is 4.57 Å². The van der Waals surface area contributed by atoms with Crippen molar-refractivity contribution in [3.05, 3.63) is 60.3 Å². The van der Waals surface area contributed by atoms with Gasteiger partial charge in [0.15, 0.2) is 11.0 Å². The summed E-state index contributed by atoms with van der Waals surface area (Å²) < 4.78 is 12.8. The normalized spacial score (nSPS) is 10.7. The van der Waals surface area contributed by atoms with Gasteiger partial charge in [0, 0.05) is 5.75 Å². The fourth-order valence-corrected chi connectivity index (χ4v) is 2.71. The number of aromatic nitrogens is 3. The molecule has 0 atom stereocenters. The van der Waals surface area contributed by atoms with Crippen molar-refractivity contribution in [3.8, 4) is 5.75 Å². The Hall–Kier alpha value is -2.74. The molecule has 124 valence electrons. The minimum absolute atomic E-state index is 0.199. The van der Waals surface area contributed by atoms with Crippen molar-refractivity contribution in [2.24, 2.45) is 0 Å². The van der Waals surface area contributed by atoms with E-state index in [4.69, 9.17) is 9.15 Å². The molecule has 0 unspecified atom stereocenters. The first-order valence-electron chi connectivity index (χ1n) is 7.17. The molecule has 2 aromatic heterocycles. The van der Waals surface area contributed by atoms with Gasteiger partial charge in [0.05, 0.1) is 18.8 Å². The van der Waals surface area contributed by atoms with Crippen LogP contribution in [0.15, 0.2) is 58.3 Å². The van der Waals surface area contributed by atoms with E-state index in [1.807, 2.05) is 36.4 Å². The maximum atomic E-state index is 10.7. The van der Waals surface area contributed by atoms with E-state index in [0.717, 1.165) is 11.8 Å². The first-order valence-corrected chi connectivity index (χ1v) is 8.16. The highest BCUT2D eigenvalue weighted by Gasteiger charge is 2.15. The van der Waals surface area contributed by atoms with E-state index in [1.54, 1.807) is 16.9 Å². The van der Waals surface area contributed by atoms with Crippen LogP contribution in [0.3, 0.4) is 0 Å². The fraction of sp³-hybridized carbons (Fsp3) is 0.188. The number of hydrogen-bond acceptors (Lipinski definition) is 7. The number of rotatable bonds is 8. The molecule has 0 aliphatic rings. The zero-order valence-electron chi connectivity index (χ0n) is 12.6. The second kappa shape index (κ2) is 7.69. The van der Waals surface area contributed by atoms with Crippen LogP contribution >= 0.6 is 11.8 Å². The van der Waals surface area contributed by atoms with Crippen LogP contribution in [0.2, 0.25) is 0 Å². The molecular weight excluding hydrogens is 330 g/mol. The molecule has 24 heavy (non-hydrogen) atoms. The fourth-order valence-electron chi connectivity index (χ4n) is 2.04. The van der Waals surface area contributed by atoms with Gasteiger partial charge in [-0.05, 0) is 24.3 Å². The van der Waals surface area contributed by atoms with Crippen LogP contribution < -0.4 is 9.84 Å². The van der Waals surface area contributed by atoms with Gasteiger partial charge in [-0.25, -0.2) is 0 Å². The predicted molar refractivity (Wildman–Crippen MR) is 84.3 cm³/mol. The Bertz CT molecular complexity index is 787. The van der Waals surface area contributed by atoms with Crippen LogP contribution in [0, 0.1) is 0 Å². The average Bonchev–Trinajstić information content (AvgIpc) is 3.23. The summed E-state index contributed by atoms with van der Waals surface area (Å²) in [5.74, 6) is 0.654. The lowest BCUT2D eigenvalue weighted by Gasteiger charge is -2.10. The van der Waals surface area contributed by atoms with Crippen LogP contribution in [0.5, 0.6) is 5.75 Å². The van der Waals surface area contributed by atoms with Gasteiger partial charge in [-0.1, -0.05) is 30.0 Å². The number of carboxylic acid groups (broad SMARTS) is 1. The van der Waals surface area contributed by atoms with Crippen LogP contribution in [-0.2, 0) is 17.9 Å². The Morgan fingerprint density at radius 3 is 2.75 bits per heavy atom. The van der Waals surface area contributed by atoms with E-state index in [-0.39, 0.29) is 12.4 Å². The summed E-state index contributed by atoms with van der Waals surface area (Å²) in [5, 5.41) is 19.3. The third-order valence-electron chi connectivity index (χ3n) is 3.12. The highest BCUT2D eigenvalue weighted by Crippen LogP contribution is 2.20. The van der Waals surface area contributed by atoms with Crippen LogP contribution in [0.1, 0.15) is 11.6 Å². The molecule has 0 fully saturated rings. The number of para-hydroxylation sites is 1. The predicted octanol–water partition coefficient (Wildman–Crippen LogP) is 1.34. The number of benzene rings is 1. The number of thioether (sulfide) groups is 1. The van der Waals surface area contributed by atoms with Crippen molar-refractivity contribution < 1.29 is 19.1 Å². The summed E-state index contributed by atoms with van der Waals surface area (Å²) in [6.45, 7) is 0.604. The monoisotopic (exact) mass is 344 g/mol. The van der Waals surface area contributed by atoms with Gasteiger partial charge < -0.3 is 19.1 Å². The zero-order chi connectivity index (χ0) is 16.8. The second-order valence-electron chi connectivity index (χ2n) is 4.83. The number of ether oxygens (including phenoxy) is 1. The smallest absolute Gasteiger partial charge is 0.192 e. The lowest BCUT2D eigenvalue weighted by Crippen LogP contribution is -2.24. The molecule has 0 amide bonds. The first-order chi connectivity index (χ1) is 11.7. The number of aliphatic carboxylic acids is 1. The summed E-state index contributed by atoms with van der Waals surface area (Å²) >= 11 is 1.05. The number of furan rings is 1. The van der Waals surface area contributed by atoms with Crippen molar-refractivity contribution >= 4 is 17.7 Å². The summed E-state index contributed by atoms with van der Waals surface area (Å²) in [6, 6.07) is 13.0. The Labute approximate surface area is 142 Å². The number of carbonyl (C=O) groups excluding carboxylic acids is 1. The van der Waals surface area contributed by atoms with E-state index in [1.165, 1.54) is 0 Å². The molecule has 0 spiro atoms. The average molecular weight is 344 g/mol. The Kier molecular flexibility index (Phi) is 5.17. The van der Waals surface area contributed by atoms with E-state index < -0.39 is 5.97 Å². The Morgan fingerprint density at radius 1 is 1.21 bits per heavy atom. The number of hydrogen-bond donors (Lipinski definition) is 0. The van der Waals surface area contributed by atoms with Crippen LogP contribution in [0.4, 0.5) is 0 Å². The molecule has 7 nitrogen and oxygen atoms in total. The van der Waals surface area contributed by atoms with Crippen molar-refractivity contribution in [3.63, 3.8) is 0 Å². The molecule has 0 aliphatic heterocycles. The first kappa shape index (κ1) is 16.1. The van der Waals surface area contributed by atoms with Gasteiger partial charge in [0.1, 0.15) is 18.1 Å². The summed E-state index contributed by atoms with van der Waals surface area (Å²) in [7, 11) is 0. The highest BCUT2D eigenvalue weighted by atomic mass is 32.2. The maximum absolute atomic E-state index is 10.7. The largest absolute Gasteiger partial charge is 0.549 e. The van der Waals surface area contributed by atoms with Crippen molar-refractivity contribution in [2.75, 3.05) is 5.75 Å². The maximum Gasteiger partial charge on any atom is 0.192 e. The molecule has 0 bridgehead atoms. The zero-order valence-corrected chi connectivity index (χ0v) is 13.4. The van der Waals surface area contributed by atoms with E-state index in [2.05, 4.69) is 10.2 Å². The molecule has 0 N–H and O–H groups in total. The van der Waals surface area contributed by atoms with Crippen molar-refractivity contribution in [1.82, 2.24) is 14.8 Å². The molecule has 3 aromatic rings. The molecule has 3 rings (SSSR count). The third kappa shape index (κ3) is 4.17. The third-order valence-corrected chi connectivity index (χ3v) is 4.06. The quantitative estimate of drug-likeness (QED) is 0.569. The molecule has 0 saturated heterocycles. The van der Waals surface area contributed by atoms with Crippen LogP contribution in [-0.4, -0.2) is 26.5 Å². The van der Waals surface area contributed by atoms with Gasteiger partial charge in [-0.15, -0.1) is 10.2 Å². The molecule has 0 saturated carbocycles. The Balaban J connectivity index is 1.77. The highest BCUT2D eigenvalue weighted by molar-refractivity contribution is 7.99. The van der Waals surface area contributed by atoms with Gasteiger partial charge in [-0.2, -0.15) is 0 Å². The summed E-state index contributed by atoms with van der Waals surface area (Å²) in [6.07, 6.45) is 1.58. The van der Waals surface area contributed by atoms with E-state index in [9.17, 15) is 9.90 Å².